The minimum atomic E-state index is -0.744. The number of hydrogen-bond donors (Lipinski definition) is 2. The van der Waals surface area contributed by atoms with Crippen molar-refractivity contribution < 1.29 is 15.0 Å². The van der Waals surface area contributed by atoms with Crippen molar-refractivity contribution in [3.63, 3.8) is 0 Å². The third-order valence-corrected chi connectivity index (χ3v) is 3.67. The number of aliphatic carboxylic acids is 1. The van der Waals surface area contributed by atoms with Crippen LogP contribution >= 0.6 is 0 Å². The van der Waals surface area contributed by atoms with Gasteiger partial charge < -0.3 is 10.2 Å². The van der Waals surface area contributed by atoms with Gasteiger partial charge in [0, 0.05) is 19.7 Å². The Morgan fingerprint density at radius 2 is 1.86 bits per heavy atom. The lowest BCUT2D eigenvalue weighted by molar-refractivity contribution is -0.139. The first-order chi connectivity index (χ1) is 6.70. The van der Waals surface area contributed by atoms with Gasteiger partial charge in [-0.15, -0.1) is 0 Å². The van der Waals surface area contributed by atoms with E-state index in [1.165, 1.54) is 0 Å². The highest BCUT2D eigenvalue weighted by atomic mass is 16.4. The van der Waals surface area contributed by atoms with Gasteiger partial charge in [-0.25, -0.2) is 0 Å². The molecule has 1 heterocycles. The second kappa shape index (κ2) is 3.87. The summed E-state index contributed by atoms with van der Waals surface area (Å²) in [4.78, 5) is 12.6. The minimum Gasteiger partial charge on any atom is -0.480 e. The topological polar surface area (TPSA) is 60.8 Å². The normalized spacial score (nSPS) is 37.4. The van der Waals surface area contributed by atoms with Crippen LogP contribution in [0.25, 0.3) is 0 Å². The van der Waals surface area contributed by atoms with Gasteiger partial charge in [0.1, 0.15) is 0 Å². The summed E-state index contributed by atoms with van der Waals surface area (Å²) in [6, 6.07) is 0. The van der Waals surface area contributed by atoms with Gasteiger partial charge in [-0.2, -0.15) is 0 Å². The van der Waals surface area contributed by atoms with E-state index in [0.29, 0.717) is 17.8 Å². The summed E-state index contributed by atoms with van der Waals surface area (Å²) in [6.45, 7) is 2.14. The Balaban J connectivity index is 1.95. The molecule has 1 aliphatic carbocycles. The molecule has 4 heteroatoms. The van der Waals surface area contributed by atoms with Gasteiger partial charge in [-0.05, 0) is 30.6 Å². The smallest absolute Gasteiger partial charge is 0.317 e. The van der Waals surface area contributed by atoms with Crippen LogP contribution in [-0.2, 0) is 4.79 Å². The van der Waals surface area contributed by atoms with Crippen LogP contribution in [0.3, 0.4) is 0 Å². The zero-order chi connectivity index (χ0) is 10.1. The van der Waals surface area contributed by atoms with E-state index in [0.717, 1.165) is 25.9 Å². The molecule has 2 unspecified atom stereocenters. The predicted octanol–water partition coefficient (Wildman–Crippen LogP) is 0.0213. The molecule has 2 N–H and O–H groups in total. The summed E-state index contributed by atoms with van der Waals surface area (Å²) in [5, 5.41) is 17.9. The summed E-state index contributed by atoms with van der Waals surface area (Å²) in [5.74, 6) is 0.739. The molecule has 1 saturated heterocycles. The van der Waals surface area contributed by atoms with Crippen LogP contribution < -0.4 is 0 Å². The number of carboxylic acid groups (broad SMARTS) is 1. The summed E-state index contributed by atoms with van der Waals surface area (Å²) >= 11 is 0. The van der Waals surface area contributed by atoms with Crippen LogP contribution in [0.1, 0.15) is 12.8 Å². The quantitative estimate of drug-likeness (QED) is 0.672. The first kappa shape index (κ1) is 9.93. The van der Waals surface area contributed by atoms with E-state index in [2.05, 4.69) is 0 Å². The first-order valence-corrected chi connectivity index (χ1v) is 5.25. The predicted molar refractivity (Wildman–Crippen MR) is 50.9 cm³/mol. The number of fused-ring (bicyclic) bond motifs is 2. The molecule has 0 spiro atoms. The van der Waals surface area contributed by atoms with Crippen molar-refractivity contribution >= 4 is 5.97 Å². The first-order valence-electron chi connectivity index (χ1n) is 5.25. The number of likely N-dealkylation sites (tertiary alicyclic amines) is 1. The molecule has 80 valence electrons. The van der Waals surface area contributed by atoms with E-state index >= 15 is 0 Å². The minimum absolute atomic E-state index is 0.158. The van der Waals surface area contributed by atoms with Crippen LogP contribution in [0.2, 0.25) is 0 Å². The molecule has 14 heavy (non-hydrogen) atoms. The fourth-order valence-corrected chi connectivity index (χ4v) is 3.05. The Hall–Kier alpha value is -0.610. The number of rotatable bonds is 3. The molecule has 2 atom stereocenters. The Kier molecular flexibility index (Phi) is 2.74. The fourth-order valence-electron chi connectivity index (χ4n) is 3.05. The Labute approximate surface area is 83.5 Å². The highest BCUT2D eigenvalue weighted by Crippen LogP contribution is 2.41. The molecule has 2 bridgehead atoms. The number of aliphatic hydroxyl groups is 1. The lowest BCUT2D eigenvalue weighted by atomic mass is 9.86. The van der Waals surface area contributed by atoms with Crippen LogP contribution in [0.4, 0.5) is 0 Å². The van der Waals surface area contributed by atoms with Gasteiger partial charge in [0.15, 0.2) is 0 Å². The van der Waals surface area contributed by atoms with Crippen LogP contribution in [0, 0.1) is 17.8 Å². The van der Waals surface area contributed by atoms with Crippen molar-refractivity contribution in [2.45, 2.75) is 12.8 Å². The van der Waals surface area contributed by atoms with Crippen molar-refractivity contribution in [3.8, 4) is 0 Å². The van der Waals surface area contributed by atoms with Crippen LogP contribution in [-0.4, -0.2) is 47.3 Å². The summed E-state index contributed by atoms with van der Waals surface area (Å²) < 4.78 is 0. The lowest BCUT2D eigenvalue weighted by Gasteiger charge is -2.36. The molecular weight excluding hydrogens is 182 g/mol. The molecule has 0 aromatic heterocycles. The third-order valence-electron chi connectivity index (χ3n) is 3.67. The SMILES string of the molecule is O=C(O)CN1CC2CCC(C1)C2CO. The third kappa shape index (κ3) is 1.77. The summed E-state index contributed by atoms with van der Waals surface area (Å²) in [6.07, 6.45) is 2.32. The van der Waals surface area contributed by atoms with Crippen molar-refractivity contribution in [2.75, 3.05) is 26.2 Å². The fraction of sp³-hybridized carbons (Fsp3) is 0.900. The maximum Gasteiger partial charge on any atom is 0.317 e. The number of hydrogen-bond acceptors (Lipinski definition) is 3. The molecule has 0 aromatic carbocycles. The van der Waals surface area contributed by atoms with Gasteiger partial charge >= 0.3 is 5.97 Å². The summed E-state index contributed by atoms with van der Waals surface area (Å²) in [7, 11) is 0. The van der Waals surface area contributed by atoms with Gasteiger partial charge in [-0.3, -0.25) is 9.69 Å². The molecule has 1 saturated carbocycles. The molecule has 0 radical (unpaired) electrons. The van der Waals surface area contributed by atoms with E-state index in [4.69, 9.17) is 5.11 Å². The van der Waals surface area contributed by atoms with Crippen LogP contribution in [0.5, 0.6) is 0 Å². The zero-order valence-electron chi connectivity index (χ0n) is 8.22. The number of carboxylic acids is 1. The molecule has 4 nitrogen and oxygen atoms in total. The van der Waals surface area contributed by atoms with Crippen molar-refractivity contribution in [1.82, 2.24) is 4.90 Å². The highest BCUT2D eigenvalue weighted by molar-refractivity contribution is 5.69. The average Bonchev–Trinajstić information content (AvgIpc) is 2.36. The molecule has 2 rings (SSSR count). The maximum absolute atomic E-state index is 10.6. The Morgan fingerprint density at radius 3 is 2.29 bits per heavy atom. The van der Waals surface area contributed by atoms with Gasteiger partial charge in [0.05, 0.1) is 6.54 Å². The molecule has 2 aliphatic rings. The molecule has 0 aromatic rings. The Bertz CT molecular complexity index is 217. The second-order valence-electron chi connectivity index (χ2n) is 4.53. The van der Waals surface area contributed by atoms with Crippen LogP contribution in [0.15, 0.2) is 0 Å². The number of carbonyl (C=O) groups is 1. The summed E-state index contributed by atoms with van der Waals surface area (Å²) in [5.41, 5.74) is 0. The number of aliphatic hydroxyl groups excluding tert-OH is 1. The molecular formula is C10H17NO3. The van der Waals surface area contributed by atoms with Gasteiger partial charge in [0.2, 0.25) is 0 Å². The molecule has 1 aliphatic heterocycles. The van der Waals surface area contributed by atoms with Gasteiger partial charge in [0.25, 0.3) is 0 Å². The number of nitrogens with zero attached hydrogens (tertiary/aromatic N) is 1. The van der Waals surface area contributed by atoms with E-state index in [1.807, 2.05) is 4.90 Å². The van der Waals surface area contributed by atoms with Gasteiger partial charge in [-0.1, -0.05) is 0 Å². The number of piperidine rings is 1. The standard InChI is InChI=1S/C10H17NO3/c12-6-9-7-1-2-8(9)4-11(3-7)5-10(13)14/h7-9,12H,1-6H2,(H,13,14). The average molecular weight is 199 g/mol. The van der Waals surface area contributed by atoms with Crippen molar-refractivity contribution in [2.24, 2.45) is 17.8 Å². The highest BCUT2D eigenvalue weighted by Gasteiger charge is 2.41. The van der Waals surface area contributed by atoms with Crippen molar-refractivity contribution in [3.05, 3.63) is 0 Å². The monoisotopic (exact) mass is 199 g/mol. The zero-order valence-corrected chi connectivity index (χ0v) is 8.22. The van der Waals surface area contributed by atoms with E-state index in [-0.39, 0.29) is 13.2 Å². The molecule has 0 amide bonds. The van der Waals surface area contributed by atoms with Crippen molar-refractivity contribution in [1.29, 1.82) is 0 Å². The lowest BCUT2D eigenvalue weighted by Crippen LogP contribution is -2.45. The van der Waals surface area contributed by atoms with E-state index in [9.17, 15) is 9.90 Å². The van der Waals surface area contributed by atoms with E-state index < -0.39 is 5.97 Å². The second-order valence-corrected chi connectivity index (χ2v) is 4.53. The largest absolute Gasteiger partial charge is 0.480 e. The molecule has 2 fully saturated rings. The van der Waals surface area contributed by atoms with E-state index in [1.54, 1.807) is 0 Å². The maximum atomic E-state index is 10.6. The Morgan fingerprint density at radius 1 is 1.29 bits per heavy atom.